The number of pyridine rings is 1. The Morgan fingerprint density at radius 3 is 2.36 bits per heavy atom. The van der Waals surface area contributed by atoms with Crippen molar-refractivity contribution < 1.29 is 24.9 Å². The summed E-state index contributed by atoms with van der Waals surface area (Å²) in [7, 11) is 0. The van der Waals surface area contributed by atoms with E-state index < -0.39 is 18.0 Å². The predicted molar refractivity (Wildman–Crippen MR) is 122 cm³/mol. The average Bonchev–Trinajstić information content (AvgIpc) is 3.58. The Morgan fingerprint density at radius 1 is 1.00 bits per heavy atom. The third-order valence-electron chi connectivity index (χ3n) is 6.14. The quantitative estimate of drug-likeness (QED) is 0.400. The molecule has 1 atom stereocenters. The summed E-state index contributed by atoms with van der Waals surface area (Å²) >= 11 is 0. The van der Waals surface area contributed by atoms with Gasteiger partial charge in [0.1, 0.15) is 11.8 Å². The Balaban J connectivity index is 1.67. The topological polar surface area (TPSA) is 112 Å². The number of hydrogen-bond acceptors (Lipinski definition) is 4. The summed E-state index contributed by atoms with van der Waals surface area (Å²) in [6.45, 7) is 1.85. The van der Waals surface area contributed by atoms with Crippen molar-refractivity contribution in [2.24, 2.45) is 0 Å². The Kier molecular flexibility index (Phi) is 4.98. The van der Waals surface area contributed by atoms with Crippen molar-refractivity contribution in [1.29, 1.82) is 0 Å². The first-order chi connectivity index (χ1) is 15.9. The van der Waals surface area contributed by atoms with Gasteiger partial charge in [0.05, 0.1) is 17.0 Å². The largest absolute Gasteiger partial charge is 0.478 e. The summed E-state index contributed by atoms with van der Waals surface area (Å²) in [5, 5.41) is 31.1. The second-order valence-electron chi connectivity index (χ2n) is 8.40. The maximum Gasteiger partial charge on any atom is 0.354 e. The molecular formula is C26H22N2O5. The fourth-order valence-corrected chi connectivity index (χ4v) is 4.32. The number of aromatic nitrogens is 2. The summed E-state index contributed by atoms with van der Waals surface area (Å²) in [4.78, 5) is 28.8. The van der Waals surface area contributed by atoms with Crippen molar-refractivity contribution >= 4 is 17.6 Å². The summed E-state index contributed by atoms with van der Waals surface area (Å²) in [5.41, 5.74) is 3.93. The van der Waals surface area contributed by atoms with Gasteiger partial charge < -0.3 is 15.3 Å². The zero-order chi connectivity index (χ0) is 23.3. The molecule has 2 aromatic heterocycles. The van der Waals surface area contributed by atoms with E-state index in [1.807, 2.05) is 37.3 Å². The fraction of sp³-hybridized carbons (Fsp3) is 0.192. The number of rotatable bonds is 6. The molecule has 0 bridgehead atoms. The number of aromatic carboxylic acids is 2. The zero-order valence-corrected chi connectivity index (χ0v) is 17.9. The summed E-state index contributed by atoms with van der Waals surface area (Å²) < 4.78 is 1.50. The zero-order valence-electron chi connectivity index (χ0n) is 17.9. The molecule has 1 fully saturated rings. The Hall–Kier alpha value is -3.97. The van der Waals surface area contributed by atoms with Gasteiger partial charge in [-0.05, 0) is 54.2 Å². The van der Waals surface area contributed by atoms with Crippen LogP contribution >= 0.6 is 0 Å². The standard InChI is InChI=1S/C26H22N2O5/c1-14-7-12-20(28-22(26(32)33)21(16-8-9-16)27-24(14)28)23(29)17-10-11-18(19(13-17)25(30)31)15-5-3-2-4-6-15/h2-7,10-13,16,23,29H,8-9H2,1H3,(H,30,31)(H,32,33). The summed E-state index contributed by atoms with van der Waals surface area (Å²) in [6, 6.07) is 17.4. The van der Waals surface area contributed by atoms with Crippen molar-refractivity contribution in [3.8, 4) is 11.1 Å². The first kappa shape index (κ1) is 20.9. The van der Waals surface area contributed by atoms with Crippen LogP contribution in [0.3, 0.4) is 0 Å². The van der Waals surface area contributed by atoms with E-state index in [9.17, 15) is 24.9 Å². The molecule has 4 aromatic rings. The molecule has 0 saturated heterocycles. The average molecular weight is 442 g/mol. The van der Waals surface area contributed by atoms with E-state index in [0.717, 1.165) is 24.0 Å². The number of hydrogen-bond donors (Lipinski definition) is 3. The molecule has 166 valence electrons. The third-order valence-corrected chi connectivity index (χ3v) is 6.14. The molecule has 1 aliphatic rings. The van der Waals surface area contributed by atoms with E-state index in [1.54, 1.807) is 24.3 Å². The van der Waals surface area contributed by atoms with Crippen LogP contribution in [0.15, 0.2) is 60.7 Å². The molecule has 2 heterocycles. The Labute approximate surface area is 189 Å². The van der Waals surface area contributed by atoms with Crippen LogP contribution in [0.5, 0.6) is 0 Å². The highest BCUT2D eigenvalue weighted by Gasteiger charge is 2.34. The number of aryl methyl sites for hydroxylation is 1. The monoisotopic (exact) mass is 442 g/mol. The molecule has 33 heavy (non-hydrogen) atoms. The predicted octanol–water partition coefficient (Wildman–Crippen LogP) is 4.67. The van der Waals surface area contributed by atoms with Crippen molar-refractivity contribution in [3.05, 3.63) is 94.4 Å². The molecule has 5 rings (SSSR count). The van der Waals surface area contributed by atoms with Gasteiger partial charge in [0, 0.05) is 5.92 Å². The maximum absolute atomic E-state index is 12.2. The van der Waals surface area contributed by atoms with E-state index in [-0.39, 0.29) is 17.2 Å². The van der Waals surface area contributed by atoms with Gasteiger partial charge in [0.2, 0.25) is 0 Å². The molecule has 0 amide bonds. The van der Waals surface area contributed by atoms with Crippen LogP contribution in [0.2, 0.25) is 0 Å². The lowest BCUT2D eigenvalue weighted by Crippen LogP contribution is -2.13. The molecule has 0 radical (unpaired) electrons. The normalized spacial score (nSPS) is 14.4. The number of carboxylic acids is 2. The van der Waals surface area contributed by atoms with Crippen molar-refractivity contribution in [2.45, 2.75) is 31.8 Å². The highest BCUT2D eigenvalue weighted by atomic mass is 16.4. The number of aliphatic hydroxyl groups excluding tert-OH is 1. The molecule has 3 N–H and O–H groups in total. The molecule has 7 heteroatoms. The van der Waals surface area contributed by atoms with Gasteiger partial charge in [-0.25, -0.2) is 14.6 Å². The first-order valence-corrected chi connectivity index (χ1v) is 10.7. The summed E-state index contributed by atoms with van der Waals surface area (Å²) in [5.74, 6) is -2.10. The van der Waals surface area contributed by atoms with E-state index in [0.29, 0.717) is 28.2 Å². The van der Waals surface area contributed by atoms with E-state index >= 15 is 0 Å². The molecule has 7 nitrogen and oxygen atoms in total. The lowest BCUT2D eigenvalue weighted by atomic mass is 9.95. The van der Waals surface area contributed by atoms with Crippen LogP contribution < -0.4 is 0 Å². The lowest BCUT2D eigenvalue weighted by Gasteiger charge is -2.17. The van der Waals surface area contributed by atoms with E-state index in [2.05, 4.69) is 4.98 Å². The van der Waals surface area contributed by atoms with Crippen LogP contribution in [0, 0.1) is 6.92 Å². The number of carboxylic acid groups (broad SMARTS) is 2. The SMILES string of the molecule is Cc1ccc(C(O)c2ccc(-c3ccccc3)c(C(=O)O)c2)n2c(C(=O)O)c(C3CC3)nc12. The van der Waals surface area contributed by atoms with Crippen molar-refractivity contribution in [2.75, 3.05) is 0 Å². The minimum Gasteiger partial charge on any atom is -0.478 e. The first-order valence-electron chi connectivity index (χ1n) is 10.7. The van der Waals surface area contributed by atoms with Gasteiger partial charge in [-0.2, -0.15) is 0 Å². The van der Waals surface area contributed by atoms with E-state index in [1.165, 1.54) is 10.5 Å². The van der Waals surface area contributed by atoms with Gasteiger partial charge in [-0.1, -0.05) is 48.5 Å². The third kappa shape index (κ3) is 3.56. The van der Waals surface area contributed by atoms with Crippen LogP contribution in [-0.2, 0) is 0 Å². The smallest absolute Gasteiger partial charge is 0.354 e. The molecular weight excluding hydrogens is 420 g/mol. The molecule has 1 aliphatic carbocycles. The van der Waals surface area contributed by atoms with Gasteiger partial charge in [-0.15, -0.1) is 0 Å². The fourth-order valence-electron chi connectivity index (χ4n) is 4.32. The van der Waals surface area contributed by atoms with Crippen LogP contribution in [0.4, 0.5) is 0 Å². The number of benzene rings is 2. The number of nitrogens with zero attached hydrogens (tertiary/aromatic N) is 2. The van der Waals surface area contributed by atoms with Gasteiger partial charge in [-0.3, -0.25) is 4.40 Å². The highest BCUT2D eigenvalue weighted by molar-refractivity contribution is 5.96. The van der Waals surface area contributed by atoms with Crippen LogP contribution in [0.1, 0.15) is 68.2 Å². The number of imidazole rings is 1. The molecule has 1 unspecified atom stereocenters. The highest BCUT2D eigenvalue weighted by Crippen LogP contribution is 2.42. The maximum atomic E-state index is 12.2. The molecule has 2 aromatic carbocycles. The van der Waals surface area contributed by atoms with Crippen LogP contribution in [-0.4, -0.2) is 36.6 Å². The number of aliphatic hydroxyl groups is 1. The van der Waals surface area contributed by atoms with Gasteiger partial charge in [0.15, 0.2) is 5.69 Å². The number of carbonyl (C=O) groups is 2. The van der Waals surface area contributed by atoms with Crippen LogP contribution in [0.25, 0.3) is 16.8 Å². The minimum atomic E-state index is -1.24. The lowest BCUT2D eigenvalue weighted by molar-refractivity contribution is 0.0680. The second-order valence-corrected chi connectivity index (χ2v) is 8.40. The minimum absolute atomic E-state index is 0.0591. The van der Waals surface area contributed by atoms with E-state index in [4.69, 9.17) is 0 Å². The van der Waals surface area contributed by atoms with Crippen molar-refractivity contribution in [1.82, 2.24) is 9.38 Å². The van der Waals surface area contributed by atoms with Crippen molar-refractivity contribution in [3.63, 3.8) is 0 Å². The Bertz CT molecular complexity index is 1400. The molecule has 0 aliphatic heterocycles. The summed E-state index contributed by atoms with van der Waals surface area (Å²) in [6.07, 6.45) is 0.545. The molecule has 0 spiro atoms. The number of fused-ring (bicyclic) bond motifs is 1. The van der Waals surface area contributed by atoms with Gasteiger partial charge in [0.25, 0.3) is 0 Å². The molecule has 1 saturated carbocycles. The van der Waals surface area contributed by atoms with Gasteiger partial charge >= 0.3 is 11.9 Å². The Morgan fingerprint density at radius 2 is 1.73 bits per heavy atom. The second kappa shape index (κ2) is 7.86.